The van der Waals surface area contributed by atoms with Crippen LogP contribution in [0.3, 0.4) is 0 Å². The molecule has 1 aromatic heterocycles. The number of phenols is 1. The Morgan fingerprint density at radius 2 is 2.07 bits per heavy atom. The van der Waals surface area contributed by atoms with Crippen LogP contribution in [0.15, 0.2) is 16.9 Å². The molecule has 2 heterocycles. The zero-order valence-corrected chi connectivity index (χ0v) is 15.9. The van der Waals surface area contributed by atoms with Crippen molar-refractivity contribution in [1.82, 2.24) is 14.9 Å². The maximum atomic E-state index is 13.7. The van der Waals surface area contributed by atoms with Crippen LogP contribution < -0.4 is 5.56 Å². The number of benzene rings is 1. The Hall–Kier alpha value is -1.92. The van der Waals surface area contributed by atoms with Crippen LogP contribution in [0.5, 0.6) is 5.75 Å². The molecule has 2 aromatic rings. The van der Waals surface area contributed by atoms with Crippen LogP contribution in [0.4, 0.5) is 4.39 Å². The molecule has 2 N–H and O–H groups in total. The van der Waals surface area contributed by atoms with Crippen molar-refractivity contribution < 1.29 is 9.50 Å². The highest BCUT2D eigenvalue weighted by Crippen LogP contribution is 2.31. The number of rotatable bonds is 3. The van der Waals surface area contributed by atoms with E-state index in [2.05, 4.69) is 9.88 Å². The van der Waals surface area contributed by atoms with Gasteiger partial charge in [0.25, 0.3) is 5.56 Å². The van der Waals surface area contributed by atoms with Crippen molar-refractivity contribution in [3.05, 3.63) is 56.0 Å². The van der Waals surface area contributed by atoms with Crippen molar-refractivity contribution in [2.75, 3.05) is 6.54 Å². The lowest BCUT2D eigenvalue weighted by Crippen LogP contribution is -2.35. The first-order valence-corrected chi connectivity index (χ1v) is 9.90. The molecule has 0 amide bonds. The van der Waals surface area contributed by atoms with Crippen LogP contribution in [0.25, 0.3) is 0 Å². The number of nitrogens with zero attached hydrogens (tertiary/aromatic N) is 2. The highest BCUT2D eigenvalue weighted by atomic mass is 35.5. The lowest BCUT2D eigenvalue weighted by atomic mass is 9.88. The maximum Gasteiger partial charge on any atom is 0.254 e. The average Bonchev–Trinajstić information content (AvgIpc) is 2.66. The summed E-state index contributed by atoms with van der Waals surface area (Å²) in [4.78, 5) is 22.4. The number of aromatic nitrogens is 2. The third-order valence-electron chi connectivity index (χ3n) is 5.65. The first-order chi connectivity index (χ1) is 13.0. The summed E-state index contributed by atoms with van der Waals surface area (Å²) in [5, 5.41) is 9.49. The number of phenolic OH excluding ortho intramolecular Hbond substituents is 1. The molecule has 1 fully saturated rings. The number of halogens is 2. The van der Waals surface area contributed by atoms with Gasteiger partial charge in [-0.1, -0.05) is 30.9 Å². The largest absolute Gasteiger partial charge is 0.504 e. The highest BCUT2D eigenvalue weighted by Gasteiger charge is 2.24. The van der Waals surface area contributed by atoms with Gasteiger partial charge in [-0.25, -0.2) is 9.37 Å². The lowest BCUT2D eigenvalue weighted by molar-refractivity contribution is 0.239. The summed E-state index contributed by atoms with van der Waals surface area (Å²) < 4.78 is 13.7. The zero-order chi connectivity index (χ0) is 19.0. The molecule has 7 heteroatoms. The van der Waals surface area contributed by atoms with Gasteiger partial charge < -0.3 is 10.1 Å². The Labute approximate surface area is 162 Å². The van der Waals surface area contributed by atoms with Gasteiger partial charge in [-0.2, -0.15) is 0 Å². The summed E-state index contributed by atoms with van der Waals surface area (Å²) in [6.45, 7) is 1.74. The SMILES string of the molecule is O=c1[nH]c(C2CCCCC2)nc2c1CCN(Cc1cc(F)c(O)c(Cl)c1)C2. The Bertz CT molecular complexity index is 886. The molecule has 1 aliphatic carbocycles. The van der Waals surface area contributed by atoms with Crippen molar-refractivity contribution in [3.8, 4) is 5.75 Å². The number of aromatic hydroxyl groups is 1. The van der Waals surface area contributed by atoms with Crippen LogP contribution >= 0.6 is 11.6 Å². The summed E-state index contributed by atoms with van der Waals surface area (Å²) in [6, 6.07) is 2.88. The normalized spacial score (nSPS) is 18.4. The standard InChI is InChI=1S/C20H23ClFN3O2/c21-15-8-12(9-16(22)18(15)26)10-25-7-6-14-17(11-25)23-19(24-20(14)27)13-4-2-1-3-5-13/h8-9,13,26H,1-7,10-11H2,(H,23,24,27). The molecule has 1 saturated carbocycles. The molecule has 1 aromatic carbocycles. The van der Waals surface area contributed by atoms with Gasteiger partial charge in [0, 0.05) is 31.1 Å². The number of aromatic amines is 1. The molecule has 0 atom stereocenters. The van der Waals surface area contributed by atoms with E-state index < -0.39 is 11.6 Å². The highest BCUT2D eigenvalue weighted by molar-refractivity contribution is 6.32. The van der Waals surface area contributed by atoms with Crippen LogP contribution in [-0.4, -0.2) is 26.5 Å². The Kier molecular flexibility index (Phi) is 5.19. The van der Waals surface area contributed by atoms with E-state index in [1.165, 1.54) is 25.3 Å². The second-order valence-corrected chi connectivity index (χ2v) is 7.99. The van der Waals surface area contributed by atoms with E-state index in [0.717, 1.165) is 29.9 Å². The maximum absolute atomic E-state index is 13.7. The average molecular weight is 392 g/mol. The summed E-state index contributed by atoms with van der Waals surface area (Å²) >= 11 is 5.88. The van der Waals surface area contributed by atoms with Crippen molar-refractivity contribution in [2.24, 2.45) is 0 Å². The van der Waals surface area contributed by atoms with Crippen LogP contribution in [0.1, 0.15) is 60.7 Å². The molecular weight excluding hydrogens is 369 g/mol. The van der Waals surface area contributed by atoms with Gasteiger partial charge in [0.2, 0.25) is 0 Å². The third-order valence-corrected chi connectivity index (χ3v) is 5.93. The Morgan fingerprint density at radius 1 is 1.30 bits per heavy atom. The molecule has 4 rings (SSSR count). The second-order valence-electron chi connectivity index (χ2n) is 7.58. The number of fused-ring (bicyclic) bond motifs is 1. The summed E-state index contributed by atoms with van der Waals surface area (Å²) in [7, 11) is 0. The number of H-pyrrole nitrogens is 1. The lowest BCUT2D eigenvalue weighted by Gasteiger charge is -2.29. The van der Waals surface area contributed by atoms with Crippen molar-refractivity contribution >= 4 is 11.6 Å². The van der Waals surface area contributed by atoms with E-state index in [-0.39, 0.29) is 10.6 Å². The van der Waals surface area contributed by atoms with E-state index in [0.29, 0.717) is 37.5 Å². The Balaban J connectivity index is 1.55. The van der Waals surface area contributed by atoms with Crippen LogP contribution in [-0.2, 0) is 19.5 Å². The zero-order valence-electron chi connectivity index (χ0n) is 15.1. The summed E-state index contributed by atoms with van der Waals surface area (Å²) in [6.07, 6.45) is 6.41. The molecular formula is C20H23ClFN3O2. The molecule has 0 spiro atoms. The summed E-state index contributed by atoms with van der Waals surface area (Å²) in [5.41, 5.74) is 2.27. The first-order valence-electron chi connectivity index (χ1n) is 9.52. The smallest absolute Gasteiger partial charge is 0.254 e. The fourth-order valence-corrected chi connectivity index (χ4v) is 4.42. The van der Waals surface area contributed by atoms with Crippen molar-refractivity contribution in [3.63, 3.8) is 0 Å². The van der Waals surface area contributed by atoms with Crippen molar-refractivity contribution in [1.29, 1.82) is 0 Å². The summed E-state index contributed by atoms with van der Waals surface area (Å²) in [5.74, 6) is -0.0741. The van der Waals surface area contributed by atoms with Crippen molar-refractivity contribution in [2.45, 2.75) is 57.5 Å². The minimum atomic E-state index is -0.718. The third kappa shape index (κ3) is 3.87. The van der Waals surface area contributed by atoms with Crippen LogP contribution in [0, 0.1) is 5.82 Å². The fourth-order valence-electron chi connectivity index (χ4n) is 4.18. The van der Waals surface area contributed by atoms with E-state index in [1.54, 1.807) is 6.07 Å². The molecule has 0 saturated heterocycles. The first kappa shape index (κ1) is 18.4. The molecule has 144 valence electrons. The second kappa shape index (κ2) is 7.60. The van der Waals surface area contributed by atoms with Crippen LogP contribution in [0.2, 0.25) is 5.02 Å². The van der Waals surface area contributed by atoms with Gasteiger partial charge in [0.05, 0.1) is 10.7 Å². The van der Waals surface area contributed by atoms with Gasteiger partial charge in [-0.3, -0.25) is 9.69 Å². The quantitative estimate of drug-likeness (QED) is 0.833. The van der Waals surface area contributed by atoms with E-state index in [4.69, 9.17) is 16.6 Å². The minimum Gasteiger partial charge on any atom is -0.504 e. The number of nitrogens with one attached hydrogen (secondary N) is 1. The van der Waals surface area contributed by atoms with Gasteiger partial charge in [-0.05, 0) is 37.0 Å². The van der Waals surface area contributed by atoms with Gasteiger partial charge >= 0.3 is 0 Å². The topological polar surface area (TPSA) is 69.2 Å². The molecule has 0 bridgehead atoms. The molecule has 1 aliphatic heterocycles. The fraction of sp³-hybridized carbons (Fsp3) is 0.500. The molecule has 0 radical (unpaired) electrons. The molecule has 5 nitrogen and oxygen atoms in total. The predicted octanol–water partition coefficient (Wildman–Crippen LogP) is 3.87. The van der Waals surface area contributed by atoms with Gasteiger partial charge in [0.15, 0.2) is 11.6 Å². The molecule has 27 heavy (non-hydrogen) atoms. The van der Waals surface area contributed by atoms with E-state index in [9.17, 15) is 14.3 Å². The Morgan fingerprint density at radius 3 is 2.81 bits per heavy atom. The minimum absolute atomic E-state index is 0.0107. The number of hydrogen-bond donors (Lipinski definition) is 2. The van der Waals surface area contributed by atoms with E-state index in [1.807, 2.05) is 0 Å². The monoisotopic (exact) mass is 391 g/mol. The number of hydrogen-bond acceptors (Lipinski definition) is 4. The van der Waals surface area contributed by atoms with E-state index >= 15 is 0 Å². The molecule has 2 aliphatic rings. The predicted molar refractivity (Wildman–Crippen MR) is 102 cm³/mol. The van der Waals surface area contributed by atoms with Gasteiger partial charge in [-0.15, -0.1) is 0 Å². The van der Waals surface area contributed by atoms with Gasteiger partial charge in [0.1, 0.15) is 5.82 Å². The molecule has 0 unspecified atom stereocenters.